The maximum atomic E-state index is 11.4. The number of hydrogen-bond donors (Lipinski definition) is 3. The molecular formula is C20H20N4O4. The van der Waals surface area contributed by atoms with E-state index in [-0.39, 0.29) is 5.56 Å². The Balaban J connectivity index is 1.87. The van der Waals surface area contributed by atoms with Gasteiger partial charge in [0, 0.05) is 17.8 Å². The first-order valence-corrected chi connectivity index (χ1v) is 8.44. The second kappa shape index (κ2) is 8.26. The van der Waals surface area contributed by atoms with Crippen LogP contribution >= 0.6 is 0 Å². The highest BCUT2D eigenvalue weighted by atomic mass is 16.5. The molecule has 3 N–H and O–H groups in total. The zero-order valence-electron chi connectivity index (χ0n) is 15.7. The fraction of sp³-hybridized carbons (Fsp3) is 0.150. The van der Waals surface area contributed by atoms with Gasteiger partial charge in [0.2, 0.25) is 0 Å². The number of carbonyl (C=O) groups is 1. The van der Waals surface area contributed by atoms with Crippen LogP contribution in [0.25, 0.3) is 0 Å². The van der Waals surface area contributed by atoms with Crippen molar-refractivity contribution in [3.63, 3.8) is 0 Å². The number of aromatic nitrogens is 2. The summed E-state index contributed by atoms with van der Waals surface area (Å²) in [5, 5.41) is 15.6. The predicted molar refractivity (Wildman–Crippen MR) is 106 cm³/mol. The molecule has 3 aromatic rings. The van der Waals surface area contributed by atoms with Crippen molar-refractivity contribution < 1.29 is 19.4 Å². The third-order valence-corrected chi connectivity index (χ3v) is 3.91. The molecule has 0 radical (unpaired) electrons. The van der Waals surface area contributed by atoms with Crippen molar-refractivity contribution in [1.82, 2.24) is 9.97 Å². The molecule has 1 aromatic heterocycles. The van der Waals surface area contributed by atoms with Gasteiger partial charge in [-0.3, -0.25) is 0 Å². The molecule has 0 spiro atoms. The molecule has 0 amide bonds. The van der Waals surface area contributed by atoms with Gasteiger partial charge in [0.1, 0.15) is 17.5 Å². The lowest BCUT2D eigenvalue weighted by molar-refractivity contribution is 0.0698. The van der Waals surface area contributed by atoms with Crippen molar-refractivity contribution in [2.75, 3.05) is 24.9 Å². The smallest absolute Gasteiger partial charge is 0.337 e. The summed E-state index contributed by atoms with van der Waals surface area (Å²) in [6.45, 7) is 1.76. The Kier molecular flexibility index (Phi) is 5.59. The van der Waals surface area contributed by atoms with E-state index in [1.54, 1.807) is 57.5 Å². The van der Waals surface area contributed by atoms with E-state index in [4.69, 9.17) is 9.47 Å². The quantitative estimate of drug-likeness (QED) is 0.565. The number of para-hydroxylation sites is 1. The Hall–Kier alpha value is -3.81. The van der Waals surface area contributed by atoms with Crippen LogP contribution in [0, 0.1) is 6.92 Å². The van der Waals surface area contributed by atoms with E-state index in [0.29, 0.717) is 34.6 Å². The number of ether oxygens (including phenoxy) is 2. The second-order valence-corrected chi connectivity index (χ2v) is 5.86. The molecule has 0 bridgehead atoms. The summed E-state index contributed by atoms with van der Waals surface area (Å²) < 4.78 is 10.6. The molecule has 0 saturated carbocycles. The Morgan fingerprint density at radius 2 is 1.61 bits per heavy atom. The Labute approximate surface area is 162 Å². The summed E-state index contributed by atoms with van der Waals surface area (Å²) in [7, 11) is 3.14. The molecule has 0 aliphatic rings. The predicted octanol–water partition coefficient (Wildman–Crippen LogP) is 3.99. The van der Waals surface area contributed by atoms with Crippen LogP contribution in [-0.2, 0) is 0 Å². The number of rotatable bonds is 7. The summed E-state index contributed by atoms with van der Waals surface area (Å²) >= 11 is 0. The molecule has 1 heterocycles. The first-order valence-electron chi connectivity index (χ1n) is 8.44. The van der Waals surface area contributed by atoms with E-state index in [1.165, 1.54) is 6.07 Å². The van der Waals surface area contributed by atoms with Crippen molar-refractivity contribution in [3.05, 3.63) is 59.9 Å². The lowest BCUT2D eigenvalue weighted by atomic mass is 10.2. The van der Waals surface area contributed by atoms with Gasteiger partial charge in [-0.1, -0.05) is 12.1 Å². The molecule has 0 saturated heterocycles. The average molecular weight is 380 g/mol. The molecule has 144 valence electrons. The van der Waals surface area contributed by atoms with Crippen molar-refractivity contribution in [3.8, 4) is 11.5 Å². The van der Waals surface area contributed by atoms with Gasteiger partial charge in [-0.2, -0.15) is 0 Å². The van der Waals surface area contributed by atoms with E-state index in [1.807, 2.05) is 6.07 Å². The number of methoxy groups -OCH3 is 2. The van der Waals surface area contributed by atoms with Crippen LogP contribution in [0.3, 0.4) is 0 Å². The van der Waals surface area contributed by atoms with Crippen LogP contribution < -0.4 is 20.1 Å². The summed E-state index contributed by atoms with van der Waals surface area (Å²) in [6, 6.07) is 13.8. The molecule has 8 heteroatoms. The summed E-state index contributed by atoms with van der Waals surface area (Å²) in [4.78, 5) is 20.1. The molecule has 3 rings (SSSR count). The van der Waals surface area contributed by atoms with Gasteiger partial charge in [-0.05, 0) is 31.2 Å². The minimum Gasteiger partial charge on any atom is -0.493 e. The SMILES string of the molecule is COc1ccc(Nc2cc(Nc3ccccc3C(=O)O)nc(C)n2)cc1OC. The zero-order chi connectivity index (χ0) is 20.1. The number of carboxylic acids is 1. The number of carboxylic acid groups (broad SMARTS) is 1. The van der Waals surface area contributed by atoms with E-state index in [0.717, 1.165) is 5.69 Å². The minimum absolute atomic E-state index is 0.160. The number of aryl methyl sites for hydroxylation is 1. The molecule has 0 fully saturated rings. The number of nitrogens with zero attached hydrogens (tertiary/aromatic N) is 2. The molecule has 0 unspecified atom stereocenters. The van der Waals surface area contributed by atoms with Crippen LogP contribution in [0.2, 0.25) is 0 Å². The van der Waals surface area contributed by atoms with Crippen molar-refractivity contribution in [2.24, 2.45) is 0 Å². The molecule has 0 aliphatic heterocycles. The topological polar surface area (TPSA) is 106 Å². The third kappa shape index (κ3) is 4.29. The standard InChI is InChI=1S/C20H20N4O4/c1-12-21-18(23-13-8-9-16(27-2)17(10-13)28-3)11-19(22-12)24-15-7-5-4-6-14(15)20(25)26/h4-11H,1-3H3,(H,25,26)(H2,21,22,23,24). The number of hydrogen-bond acceptors (Lipinski definition) is 7. The van der Waals surface area contributed by atoms with Gasteiger partial charge in [-0.15, -0.1) is 0 Å². The molecule has 8 nitrogen and oxygen atoms in total. The van der Waals surface area contributed by atoms with E-state index in [9.17, 15) is 9.90 Å². The van der Waals surface area contributed by atoms with E-state index in [2.05, 4.69) is 20.6 Å². The second-order valence-electron chi connectivity index (χ2n) is 5.86. The maximum absolute atomic E-state index is 11.4. The summed E-state index contributed by atoms with van der Waals surface area (Å²) in [6.07, 6.45) is 0. The van der Waals surface area contributed by atoms with Crippen molar-refractivity contribution >= 4 is 29.0 Å². The largest absolute Gasteiger partial charge is 0.493 e. The number of aromatic carboxylic acids is 1. The number of benzene rings is 2. The lowest BCUT2D eigenvalue weighted by Crippen LogP contribution is -2.05. The first kappa shape index (κ1) is 19.0. The van der Waals surface area contributed by atoms with Gasteiger partial charge in [0.05, 0.1) is 25.5 Å². The lowest BCUT2D eigenvalue weighted by Gasteiger charge is -2.13. The fourth-order valence-corrected chi connectivity index (χ4v) is 2.67. The molecule has 2 aromatic carbocycles. The van der Waals surface area contributed by atoms with E-state index >= 15 is 0 Å². The van der Waals surface area contributed by atoms with Crippen molar-refractivity contribution in [2.45, 2.75) is 6.92 Å². The molecular weight excluding hydrogens is 360 g/mol. The van der Waals surface area contributed by atoms with Crippen molar-refractivity contribution in [1.29, 1.82) is 0 Å². The monoisotopic (exact) mass is 380 g/mol. The normalized spacial score (nSPS) is 10.2. The van der Waals surface area contributed by atoms with Crippen LogP contribution in [-0.4, -0.2) is 35.3 Å². The number of anilines is 4. The van der Waals surface area contributed by atoms with Crippen LogP contribution in [0.15, 0.2) is 48.5 Å². The average Bonchev–Trinajstić information content (AvgIpc) is 2.67. The number of nitrogens with one attached hydrogen (secondary N) is 2. The highest BCUT2D eigenvalue weighted by Crippen LogP contribution is 2.31. The zero-order valence-corrected chi connectivity index (χ0v) is 15.7. The summed E-state index contributed by atoms with van der Waals surface area (Å²) in [5.74, 6) is 1.75. The first-order chi connectivity index (χ1) is 13.5. The van der Waals surface area contributed by atoms with Crippen LogP contribution in [0.5, 0.6) is 11.5 Å². The Morgan fingerprint density at radius 3 is 2.29 bits per heavy atom. The van der Waals surface area contributed by atoms with Gasteiger partial charge < -0.3 is 25.2 Å². The summed E-state index contributed by atoms with van der Waals surface area (Å²) in [5.41, 5.74) is 1.37. The van der Waals surface area contributed by atoms with Gasteiger partial charge in [0.25, 0.3) is 0 Å². The molecule has 28 heavy (non-hydrogen) atoms. The molecule has 0 aliphatic carbocycles. The van der Waals surface area contributed by atoms with E-state index < -0.39 is 5.97 Å². The van der Waals surface area contributed by atoms with Gasteiger partial charge >= 0.3 is 5.97 Å². The van der Waals surface area contributed by atoms with Crippen LogP contribution in [0.4, 0.5) is 23.0 Å². The van der Waals surface area contributed by atoms with Crippen LogP contribution in [0.1, 0.15) is 16.2 Å². The fourth-order valence-electron chi connectivity index (χ4n) is 2.67. The third-order valence-electron chi connectivity index (χ3n) is 3.91. The van der Waals surface area contributed by atoms with Gasteiger partial charge in [-0.25, -0.2) is 14.8 Å². The maximum Gasteiger partial charge on any atom is 0.337 e. The minimum atomic E-state index is -1.02. The highest BCUT2D eigenvalue weighted by Gasteiger charge is 2.11. The molecule has 0 atom stereocenters. The Bertz CT molecular complexity index is 1010. The Morgan fingerprint density at radius 1 is 0.929 bits per heavy atom. The van der Waals surface area contributed by atoms with Gasteiger partial charge in [0.15, 0.2) is 11.5 Å². The highest BCUT2D eigenvalue weighted by molar-refractivity contribution is 5.95.